The van der Waals surface area contributed by atoms with Gasteiger partial charge in [-0.3, -0.25) is 4.79 Å². The van der Waals surface area contributed by atoms with Crippen molar-refractivity contribution in [2.24, 2.45) is 0 Å². The van der Waals surface area contributed by atoms with Gasteiger partial charge < -0.3 is 4.90 Å². The van der Waals surface area contributed by atoms with Gasteiger partial charge in [0.25, 0.3) is 0 Å². The third-order valence-electron chi connectivity index (χ3n) is 1.95. The first-order valence-electron chi connectivity index (χ1n) is 3.22. The number of β-lactam (4-membered cyclic amide) rings is 1. The molecule has 2 saturated heterocycles. The lowest BCUT2D eigenvalue weighted by molar-refractivity contribution is -0.142. The summed E-state index contributed by atoms with van der Waals surface area (Å²) in [5.74, 6) is 1.48. The average molecular weight is 143 g/mol. The molecule has 0 aromatic rings. The molecular formula is C6H9NOS. The minimum atomic E-state index is 0.345. The van der Waals surface area contributed by atoms with Crippen molar-refractivity contribution in [2.45, 2.75) is 24.8 Å². The summed E-state index contributed by atoms with van der Waals surface area (Å²) in [6.45, 7) is 2.12. The summed E-state index contributed by atoms with van der Waals surface area (Å²) >= 11 is 1.91. The first-order valence-corrected chi connectivity index (χ1v) is 4.26. The number of carbonyl (C=O) groups excluding carboxylic acids is 1. The second-order valence-electron chi connectivity index (χ2n) is 2.64. The molecule has 0 aliphatic carbocycles. The van der Waals surface area contributed by atoms with Crippen LogP contribution in [0.15, 0.2) is 0 Å². The van der Waals surface area contributed by atoms with Crippen LogP contribution in [-0.2, 0) is 4.79 Å². The van der Waals surface area contributed by atoms with Gasteiger partial charge in [-0.2, -0.15) is 0 Å². The Kier molecular flexibility index (Phi) is 1.03. The Morgan fingerprint density at radius 1 is 1.78 bits per heavy atom. The maximum absolute atomic E-state index is 10.8. The molecule has 2 rings (SSSR count). The fraction of sp³-hybridized carbons (Fsp3) is 0.833. The fourth-order valence-corrected chi connectivity index (χ4v) is 2.81. The molecule has 0 aromatic heterocycles. The van der Waals surface area contributed by atoms with Crippen molar-refractivity contribution in [3.05, 3.63) is 0 Å². The minimum Gasteiger partial charge on any atom is -0.327 e. The van der Waals surface area contributed by atoms with E-state index in [1.807, 2.05) is 16.7 Å². The Morgan fingerprint density at radius 2 is 2.56 bits per heavy atom. The highest BCUT2D eigenvalue weighted by molar-refractivity contribution is 8.00. The summed E-state index contributed by atoms with van der Waals surface area (Å²) in [5, 5.41) is 0.549. The second kappa shape index (κ2) is 1.66. The highest BCUT2D eigenvalue weighted by Gasteiger charge is 2.44. The van der Waals surface area contributed by atoms with E-state index in [9.17, 15) is 4.79 Å². The molecule has 2 nitrogen and oxygen atoms in total. The van der Waals surface area contributed by atoms with E-state index in [1.54, 1.807) is 0 Å². The Bertz CT molecular complexity index is 153. The molecule has 0 saturated carbocycles. The highest BCUT2D eigenvalue weighted by atomic mass is 32.2. The SMILES string of the molecule is CC1CSC2CC(=O)N12. The summed E-state index contributed by atoms with van der Waals surface area (Å²) < 4.78 is 0. The maximum Gasteiger partial charge on any atom is 0.226 e. The van der Waals surface area contributed by atoms with Crippen molar-refractivity contribution in [1.29, 1.82) is 0 Å². The lowest BCUT2D eigenvalue weighted by Crippen LogP contribution is -2.50. The molecule has 2 aliphatic heterocycles. The lowest BCUT2D eigenvalue weighted by atomic mass is 10.1. The second-order valence-corrected chi connectivity index (χ2v) is 3.85. The van der Waals surface area contributed by atoms with Crippen LogP contribution in [0.2, 0.25) is 0 Å². The number of hydrogen-bond donors (Lipinski definition) is 0. The van der Waals surface area contributed by atoms with Crippen molar-refractivity contribution in [2.75, 3.05) is 5.75 Å². The van der Waals surface area contributed by atoms with Crippen LogP contribution in [0.5, 0.6) is 0 Å². The summed E-state index contributed by atoms with van der Waals surface area (Å²) in [6, 6.07) is 0.501. The van der Waals surface area contributed by atoms with Crippen molar-refractivity contribution in [3.63, 3.8) is 0 Å². The average Bonchev–Trinajstić information content (AvgIpc) is 2.04. The third-order valence-corrected chi connectivity index (χ3v) is 3.41. The summed E-state index contributed by atoms with van der Waals surface area (Å²) in [7, 11) is 0. The van der Waals surface area contributed by atoms with Crippen LogP contribution in [0.25, 0.3) is 0 Å². The number of thioether (sulfide) groups is 1. The molecule has 2 aliphatic rings. The van der Waals surface area contributed by atoms with E-state index in [-0.39, 0.29) is 0 Å². The van der Waals surface area contributed by atoms with Gasteiger partial charge in [-0.15, -0.1) is 11.8 Å². The monoisotopic (exact) mass is 143 g/mol. The zero-order chi connectivity index (χ0) is 6.43. The predicted molar refractivity (Wildman–Crippen MR) is 37.2 cm³/mol. The van der Waals surface area contributed by atoms with E-state index in [4.69, 9.17) is 0 Å². The maximum atomic E-state index is 10.8. The van der Waals surface area contributed by atoms with Crippen LogP contribution >= 0.6 is 11.8 Å². The van der Waals surface area contributed by atoms with Gasteiger partial charge in [0.15, 0.2) is 0 Å². The van der Waals surface area contributed by atoms with Gasteiger partial charge in [-0.25, -0.2) is 0 Å². The zero-order valence-corrected chi connectivity index (χ0v) is 6.15. The van der Waals surface area contributed by atoms with Gasteiger partial charge in [0.05, 0.1) is 11.8 Å². The molecule has 2 fully saturated rings. The highest BCUT2D eigenvalue weighted by Crippen LogP contribution is 2.38. The van der Waals surface area contributed by atoms with Crippen LogP contribution in [-0.4, -0.2) is 28.0 Å². The molecule has 2 unspecified atom stereocenters. The molecule has 0 radical (unpaired) electrons. The minimum absolute atomic E-state index is 0.345. The molecule has 0 bridgehead atoms. The van der Waals surface area contributed by atoms with Crippen LogP contribution in [0.4, 0.5) is 0 Å². The van der Waals surface area contributed by atoms with Crippen molar-refractivity contribution in [1.82, 2.24) is 4.90 Å². The van der Waals surface area contributed by atoms with Gasteiger partial charge in [-0.1, -0.05) is 0 Å². The van der Waals surface area contributed by atoms with Crippen LogP contribution in [0, 0.1) is 0 Å². The third kappa shape index (κ3) is 0.611. The number of nitrogens with zero attached hydrogens (tertiary/aromatic N) is 1. The van der Waals surface area contributed by atoms with Crippen LogP contribution < -0.4 is 0 Å². The largest absolute Gasteiger partial charge is 0.327 e. The topological polar surface area (TPSA) is 20.3 Å². The van der Waals surface area contributed by atoms with Gasteiger partial charge in [0, 0.05) is 11.8 Å². The number of amides is 1. The van der Waals surface area contributed by atoms with Crippen molar-refractivity contribution >= 4 is 17.7 Å². The van der Waals surface area contributed by atoms with E-state index >= 15 is 0 Å². The Hall–Kier alpha value is -0.180. The number of hydrogen-bond acceptors (Lipinski definition) is 2. The quantitative estimate of drug-likeness (QED) is 0.465. The van der Waals surface area contributed by atoms with E-state index in [0.717, 1.165) is 12.2 Å². The van der Waals surface area contributed by atoms with Crippen molar-refractivity contribution < 1.29 is 4.79 Å². The molecular weight excluding hydrogens is 134 g/mol. The number of fused-ring (bicyclic) bond motifs is 1. The molecule has 50 valence electrons. The van der Waals surface area contributed by atoms with E-state index in [0.29, 0.717) is 17.3 Å². The molecule has 0 N–H and O–H groups in total. The first-order chi connectivity index (χ1) is 4.29. The van der Waals surface area contributed by atoms with E-state index in [2.05, 4.69) is 6.92 Å². The summed E-state index contributed by atoms with van der Waals surface area (Å²) in [4.78, 5) is 12.8. The van der Waals surface area contributed by atoms with Crippen molar-refractivity contribution in [3.8, 4) is 0 Å². The normalized spacial score (nSPS) is 40.6. The van der Waals surface area contributed by atoms with E-state index in [1.165, 1.54) is 0 Å². The summed E-state index contributed by atoms with van der Waals surface area (Å²) in [6.07, 6.45) is 0.787. The van der Waals surface area contributed by atoms with Gasteiger partial charge >= 0.3 is 0 Å². The summed E-state index contributed by atoms with van der Waals surface area (Å²) in [5.41, 5.74) is 0. The van der Waals surface area contributed by atoms with Crippen LogP contribution in [0.1, 0.15) is 13.3 Å². The van der Waals surface area contributed by atoms with Crippen LogP contribution in [0.3, 0.4) is 0 Å². The molecule has 0 spiro atoms. The Labute approximate surface area is 58.6 Å². The molecule has 9 heavy (non-hydrogen) atoms. The zero-order valence-electron chi connectivity index (χ0n) is 5.33. The molecule has 2 atom stereocenters. The van der Waals surface area contributed by atoms with Gasteiger partial charge in [0.1, 0.15) is 0 Å². The fourth-order valence-electron chi connectivity index (χ4n) is 1.40. The smallest absolute Gasteiger partial charge is 0.226 e. The van der Waals surface area contributed by atoms with E-state index < -0.39 is 0 Å². The Morgan fingerprint density at radius 3 is 3.00 bits per heavy atom. The molecule has 2 heterocycles. The lowest BCUT2D eigenvalue weighted by Gasteiger charge is -2.36. The predicted octanol–water partition coefficient (Wildman–Crippen LogP) is 0.680. The first kappa shape index (κ1) is 5.59. The number of carbonyl (C=O) groups is 1. The van der Waals surface area contributed by atoms with Gasteiger partial charge in [0.2, 0.25) is 5.91 Å². The Balaban J connectivity index is 2.14. The molecule has 3 heteroatoms. The molecule has 0 aromatic carbocycles. The number of rotatable bonds is 0. The van der Waals surface area contributed by atoms with Gasteiger partial charge in [-0.05, 0) is 6.92 Å². The standard InChI is InChI=1S/C6H9NOS/c1-4-3-9-6-2-5(8)7(4)6/h4,6H,2-3H2,1H3. The molecule has 1 amide bonds.